The predicted octanol–water partition coefficient (Wildman–Crippen LogP) is 0.569. The molecule has 0 aliphatic rings. The molecule has 11 heteroatoms. The van der Waals surface area contributed by atoms with Crippen LogP contribution >= 0.6 is 24.0 Å². The number of fused-ring (bicyclic) bond motifs is 1. The van der Waals surface area contributed by atoms with Crippen molar-refractivity contribution in [2.45, 2.75) is 5.75 Å². The molecular weight excluding hydrogens is 328 g/mol. The van der Waals surface area contributed by atoms with E-state index < -0.39 is 4.92 Å². The van der Waals surface area contributed by atoms with Crippen molar-refractivity contribution < 1.29 is 9.72 Å². The average Bonchev–Trinajstić information content (AvgIpc) is 2.86. The Labute approximate surface area is 134 Å². The number of carbonyl (C=O) groups excluding carboxylic acids is 1. The zero-order chi connectivity index (χ0) is 16.1. The Kier molecular flexibility index (Phi) is 5.12. The summed E-state index contributed by atoms with van der Waals surface area (Å²) in [5, 5.41) is 10.7. The molecule has 1 amide bonds. The highest BCUT2D eigenvalue weighted by Gasteiger charge is 2.10. The van der Waals surface area contributed by atoms with E-state index in [4.69, 9.17) is 5.73 Å². The quantitative estimate of drug-likeness (QED) is 0.352. The first kappa shape index (κ1) is 16.0. The summed E-state index contributed by atoms with van der Waals surface area (Å²) >= 11 is 5.88. The van der Waals surface area contributed by atoms with Gasteiger partial charge in [0.1, 0.15) is 5.82 Å². The zero-order valence-corrected chi connectivity index (χ0v) is 12.8. The number of non-ortho nitro benzene ring substituents is 1. The molecule has 116 valence electrons. The molecule has 0 aliphatic heterocycles. The minimum Gasteiger partial charge on any atom is -0.375 e. The smallest absolute Gasteiger partial charge is 0.271 e. The molecule has 0 fully saturated rings. The Morgan fingerprint density at radius 2 is 2.27 bits per heavy atom. The first-order valence-corrected chi connectivity index (χ1v) is 7.57. The van der Waals surface area contributed by atoms with Gasteiger partial charge in [-0.15, -0.1) is 11.8 Å². The van der Waals surface area contributed by atoms with Gasteiger partial charge in [0, 0.05) is 12.1 Å². The average molecular weight is 340 g/mol. The Morgan fingerprint density at radius 3 is 2.95 bits per heavy atom. The van der Waals surface area contributed by atoms with Crippen LogP contribution in [-0.4, -0.2) is 31.7 Å². The summed E-state index contributed by atoms with van der Waals surface area (Å²) in [6, 6.07) is 4.40. The highest BCUT2D eigenvalue weighted by atomic mass is 32.2. The molecule has 0 bridgehead atoms. The number of H-pyrrole nitrogens is 1. The molecule has 9 nitrogen and oxygen atoms in total. The van der Waals surface area contributed by atoms with Gasteiger partial charge in [-0.3, -0.25) is 25.8 Å². The van der Waals surface area contributed by atoms with Crippen molar-refractivity contribution in [2.75, 3.05) is 5.75 Å². The van der Waals surface area contributed by atoms with E-state index in [9.17, 15) is 14.9 Å². The fraction of sp³-hybridized carbons (Fsp3) is 0.182. The molecule has 22 heavy (non-hydrogen) atoms. The summed E-state index contributed by atoms with van der Waals surface area (Å²) in [4.78, 5) is 28.9. The second kappa shape index (κ2) is 7.04. The van der Waals surface area contributed by atoms with Gasteiger partial charge < -0.3 is 10.7 Å². The molecule has 1 aromatic heterocycles. The first-order chi connectivity index (χ1) is 10.5. The summed E-state index contributed by atoms with van der Waals surface area (Å²) in [5.41, 5.74) is 11.1. The van der Waals surface area contributed by atoms with Crippen LogP contribution in [-0.2, 0) is 10.5 Å². The largest absolute Gasteiger partial charge is 0.375 e. The van der Waals surface area contributed by atoms with Crippen LogP contribution < -0.4 is 16.6 Å². The van der Waals surface area contributed by atoms with E-state index in [1.165, 1.54) is 23.9 Å². The number of aromatic amines is 1. The van der Waals surface area contributed by atoms with Crippen LogP contribution in [0.4, 0.5) is 5.69 Å². The monoisotopic (exact) mass is 340 g/mol. The number of nitro groups is 1. The van der Waals surface area contributed by atoms with Crippen LogP contribution in [0.25, 0.3) is 11.0 Å². The molecule has 0 unspecified atom stereocenters. The van der Waals surface area contributed by atoms with Crippen LogP contribution in [0.2, 0.25) is 0 Å². The van der Waals surface area contributed by atoms with Crippen molar-refractivity contribution in [3.63, 3.8) is 0 Å². The van der Waals surface area contributed by atoms with Gasteiger partial charge in [0.25, 0.3) is 5.69 Å². The Bertz CT molecular complexity index is 732. The normalized spacial score (nSPS) is 10.4. The molecule has 0 radical (unpaired) electrons. The zero-order valence-electron chi connectivity index (χ0n) is 11.2. The molecule has 0 spiro atoms. The number of amides is 1. The molecule has 1 heterocycles. The maximum Gasteiger partial charge on any atom is 0.271 e. The lowest BCUT2D eigenvalue weighted by Crippen LogP contribution is -2.45. The minimum absolute atomic E-state index is 0.00133. The van der Waals surface area contributed by atoms with Gasteiger partial charge in [-0.1, -0.05) is 0 Å². The third-order valence-electron chi connectivity index (χ3n) is 2.52. The lowest BCUT2D eigenvalue weighted by atomic mass is 10.3. The standard InChI is InChI=1S/C11H12N6O3S2/c12-11(21)16-15-10(18)5-22-4-9-13-7-2-1-6(17(19)20)3-8(7)14-9/h1-3H,4-5H2,(H,13,14)(H,15,18)(H3,12,16,21). The number of rotatable bonds is 5. The molecule has 5 N–H and O–H groups in total. The number of hydrogen-bond acceptors (Lipinski definition) is 6. The molecule has 0 aliphatic carbocycles. The number of benzene rings is 1. The fourth-order valence-electron chi connectivity index (χ4n) is 1.64. The maximum absolute atomic E-state index is 11.4. The van der Waals surface area contributed by atoms with E-state index in [0.717, 1.165) is 0 Å². The van der Waals surface area contributed by atoms with Crippen LogP contribution in [0, 0.1) is 10.1 Å². The van der Waals surface area contributed by atoms with Gasteiger partial charge >= 0.3 is 0 Å². The number of thiocarbonyl (C=S) groups is 1. The van der Waals surface area contributed by atoms with Gasteiger partial charge in [0.2, 0.25) is 5.91 Å². The van der Waals surface area contributed by atoms with E-state index in [2.05, 4.69) is 33.0 Å². The minimum atomic E-state index is -0.464. The number of nitro benzene ring substituents is 1. The molecule has 1 aromatic carbocycles. The molecule has 0 saturated heterocycles. The number of nitrogens with one attached hydrogen (secondary N) is 3. The topological polar surface area (TPSA) is 139 Å². The van der Waals surface area contributed by atoms with Crippen molar-refractivity contribution in [3.8, 4) is 0 Å². The van der Waals surface area contributed by atoms with Gasteiger partial charge in [0.15, 0.2) is 5.11 Å². The van der Waals surface area contributed by atoms with E-state index in [0.29, 0.717) is 22.6 Å². The fourth-order valence-corrected chi connectivity index (χ4v) is 2.38. The number of hydrazine groups is 1. The van der Waals surface area contributed by atoms with E-state index in [1.807, 2.05) is 0 Å². The van der Waals surface area contributed by atoms with Gasteiger partial charge in [-0.2, -0.15) is 0 Å². The lowest BCUT2D eigenvalue weighted by Gasteiger charge is -2.05. The van der Waals surface area contributed by atoms with Crippen LogP contribution in [0.1, 0.15) is 5.82 Å². The summed E-state index contributed by atoms with van der Waals surface area (Å²) < 4.78 is 0. The molecule has 0 saturated carbocycles. The number of nitrogens with two attached hydrogens (primary N) is 1. The second-order valence-electron chi connectivity index (χ2n) is 4.17. The molecular formula is C11H12N6O3S2. The molecule has 2 aromatic rings. The van der Waals surface area contributed by atoms with Gasteiger partial charge in [-0.05, 0) is 18.3 Å². The maximum atomic E-state index is 11.4. The third-order valence-corrected chi connectivity index (χ3v) is 3.57. The van der Waals surface area contributed by atoms with Crippen LogP contribution in [0.15, 0.2) is 18.2 Å². The van der Waals surface area contributed by atoms with Crippen LogP contribution in [0.3, 0.4) is 0 Å². The van der Waals surface area contributed by atoms with Crippen molar-refractivity contribution >= 4 is 51.7 Å². The van der Waals surface area contributed by atoms with Crippen molar-refractivity contribution in [3.05, 3.63) is 34.1 Å². The third kappa shape index (κ3) is 4.30. The summed E-state index contributed by atoms with van der Waals surface area (Å²) in [6.07, 6.45) is 0. The second-order valence-corrected chi connectivity index (χ2v) is 5.60. The number of thioether (sulfide) groups is 1. The summed E-state index contributed by atoms with van der Waals surface area (Å²) in [5.74, 6) is 1.01. The van der Waals surface area contributed by atoms with Crippen molar-refractivity contribution in [1.82, 2.24) is 20.8 Å². The highest BCUT2D eigenvalue weighted by Crippen LogP contribution is 2.20. The van der Waals surface area contributed by atoms with Crippen LogP contribution in [0.5, 0.6) is 0 Å². The number of hydrogen-bond donors (Lipinski definition) is 4. The SMILES string of the molecule is NC(=S)NNC(=O)CSCc1nc2ccc([N+](=O)[O-])cc2[nH]1. The van der Waals surface area contributed by atoms with Gasteiger partial charge in [-0.25, -0.2) is 4.98 Å². The number of imidazole rings is 1. The lowest BCUT2D eigenvalue weighted by molar-refractivity contribution is -0.384. The number of carbonyl (C=O) groups is 1. The summed E-state index contributed by atoms with van der Waals surface area (Å²) in [6.45, 7) is 0. The molecule has 2 rings (SSSR count). The number of nitrogens with zero attached hydrogens (tertiary/aromatic N) is 2. The van der Waals surface area contributed by atoms with Crippen molar-refractivity contribution in [1.29, 1.82) is 0 Å². The van der Waals surface area contributed by atoms with E-state index in [1.54, 1.807) is 6.07 Å². The van der Waals surface area contributed by atoms with Gasteiger partial charge in [0.05, 0.1) is 27.5 Å². The Balaban J connectivity index is 1.91. The van der Waals surface area contributed by atoms with E-state index >= 15 is 0 Å². The molecule has 0 atom stereocenters. The van der Waals surface area contributed by atoms with E-state index in [-0.39, 0.29) is 22.5 Å². The van der Waals surface area contributed by atoms with Crippen molar-refractivity contribution in [2.24, 2.45) is 5.73 Å². The predicted molar refractivity (Wildman–Crippen MR) is 87.0 cm³/mol. The number of aromatic nitrogens is 2. The Morgan fingerprint density at radius 1 is 1.50 bits per heavy atom. The summed E-state index contributed by atoms with van der Waals surface area (Å²) in [7, 11) is 0. The Hall–Kier alpha value is -2.40. The highest BCUT2D eigenvalue weighted by molar-refractivity contribution is 7.99. The first-order valence-electron chi connectivity index (χ1n) is 6.01.